The fourth-order valence-corrected chi connectivity index (χ4v) is 8.94. The van der Waals surface area contributed by atoms with Gasteiger partial charge in [-0.05, 0) is 77.0 Å². The topological polar surface area (TPSA) is 111 Å². The summed E-state index contributed by atoms with van der Waals surface area (Å²) in [6, 6.07) is 0. The molecule has 9 nitrogen and oxygen atoms in total. The molecule has 0 aliphatic rings. The van der Waals surface area contributed by atoms with Crippen LogP contribution in [0.5, 0.6) is 0 Å². The van der Waals surface area contributed by atoms with Gasteiger partial charge in [-0.1, -0.05) is 254 Å². The van der Waals surface area contributed by atoms with E-state index in [-0.39, 0.29) is 32.2 Å². The van der Waals surface area contributed by atoms with Crippen LogP contribution in [0.3, 0.4) is 0 Å². The molecule has 0 rings (SSSR count). The van der Waals surface area contributed by atoms with Crippen LogP contribution in [0.4, 0.5) is 0 Å². The third-order valence-electron chi connectivity index (χ3n) is 13.7. The number of quaternary nitrogens is 1. The number of ether oxygens (including phenoxy) is 4. The highest BCUT2D eigenvalue weighted by atomic mass is 16.7. The zero-order chi connectivity index (χ0) is 54.8. The zero-order valence-corrected chi connectivity index (χ0v) is 49.7. The molecule has 0 radical (unpaired) electrons. The second kappa shape index (κ2) is 57.2. The SMILES string of the molecule is CC/C=C\C/C=C\C/C=C\C/C=C\CCCCCCCCCCCCCCC(=O)OC(COC(=O)CCCCCCCCCCCCCCC/C=C\CCCCCCCCCC)COC(OCC[N+](C)(C)C)C(=O)[O-]. The van der Waals surface area contributed by atoms with E-state index in [1.165, 1.54) is 186 Å². The van der Waals surface area contributed by atoms with E-state index in [4.69, 9.17) is 18.9 Å². The van der Waals surface area contributed by atoms with E-state index in [9.17, 15) is 19.5 Å². The first-order chi connectivity index (χ1) is 36.6. The van der Waals surface area contributed by atoms with Gasteiger partial charge in [-0.25, -0.2) is 0 Å². The van der Waals surface area contributed by atoms with Gasteiger partial charge in [0.25, 0.3) is 0 Å². The van der Waals surface area contributed by atoms with Crippen molar-refractivity contribution < 1.29 is 42.9 Å². The number of hydrogen-bond donors (Lipinski definition) is 0. The maximum absolute atomic E-state index is 12.9. The van der Waals surface area contributed by atoms with Crippen LogP contribution in [-0.4, -0.2) is 82.3 Å². The minimum Gasteiger partial charge on any atom is -0.545 e. The number of carbonyl (C=O) groups is 3. The molecule has 2 unspecified atom stereocenters. The lowest BCUT2D eigenvalue weighted by Gasteiger charge is -2.26. The Bertz CT molecular complexity index is 1410. The van der Waals surface area contributed by atoms with Crippen LogP contribution < -0.4 is 5.11 Å². The molecule has 0 amide bonds. The molecule has 75 heavy (non-hydrogen) atoms. The van der Waals surface area contributed by atoms with E-state index in [0.29, 0.717) is 23.9 Å². The van der Waals surface area contributed by atoms with Gasteiger partial charge in [0.2, 0.25) is 0 Å². The van der Waals surface area contributed by atoms with Crippen LogP contribution in [0.2, 0.25) is 0 Å². The van der Waals surface area contributed by atoms with Gasteiger partial charge >= 0.3 is 11.9 Å². The van der Waals surface area contributed by atoms with E-state index in [0.717, 1.165) is 64.2 Å². The summed E-state index contributed by atoms with van der Waals surface area (Å²) in [6.45, 7) is 4.67. The van der Waals surface area contributed by atoms with Gasteiger partial charge in [0.1, 0.15) is 13.2 Å². The predicted molar refractivity (Wildman–Crippen MR) is 315 cm³/mol. The Balaban J connectivity index is 4.18. The molecular weight excluding hydrogens is 935 g/mol. The smallest absolute Gasteiger partial charge is 0.306 e. The van der Waals surface area contributed by atoms with E-state index < -0.39 is 24.3 Å². The van der Waals surface area contributed by atoms with E-state index in [1.54, 1.807) is 0 Å². The van der Waals surface area contributed by atoms with Gasteiger partial charge in [-0.3, -0.25) is 9.59 Å². The Morgan fingerprint density at radius 1 is 0.413 bits per heavy atom. The van der Waals surface area contributed by atoms with Crippen molar-refractivity contribution in [3.63, 3.8) is 0 Å². The highest BCUT2D eigenvalue weighted by molar-refractivity contribution is 5.70. The molecule has 0 fully saturated rings. The molecule has 0 saturated heterocycles. The molecule has 436 valence electrons. The number of esters is 2. The molecule has 0 aromatic heterocycles. The van der Waals surface area contributed by atoms with E-state index >= 15 is 0 Å². The fourth-order valence-electron chi connectivity index (χ4n) is 8.94. The molecule has 0 aromatic carbocycles. The Morgan fingerprint density at radius 2 is 0.760 bits per heavy atom. The molecule has 0 spiro atoms. The van der Waals surface area contributed by atoms with E-state index in [1.807, 2.05) is 21.1 Å². The summed E-state index contributed by atoms with van der Waals surface area (Å²) >= 11 is 0. The van der Waals surface area contributed by atoms with Crippen molar-refractivity contribution in [1.82, 2.24) is 0 Å². The summed E-state index contributed by atoms with van der Waals surface area (Å²) < 4.78 is 22.8. The second-order valence-corrected chi connectivity index (χ2v) is 22.3. The lowest BCUT2D eigenvalue weighted by molar-refractivity contribution is -0.870. The summed E-state index contributed by atoms with van der Waals surface area (Å²) in [5.41, 5.74) is 0. The number of carboxylic acid groups (broad SMARTS) is 1. The highest BCUT2D eigenvalue weighted by Gasteiger charge is 2.22. The molecule has 0 aliphatic heterocycles. The summed E-state index contributed by atoms with van der Waals surface area (Å²) in [5.74, 6) is -2.27. The molecule has 2 atom stereocenters. The average molecular weight is 1050 g/mol. The Kier molecular flexibility index (Phi) is 54.9. The van der Waals surface area contributed by atoms with Crippen molar-refractivity contribution in [2.24, 2.45) is 0 Å². The maximum atomic E-state index is 12.9. The first kappa shape index (κ1) is 72.0. The molecule has 0 saturated carbocycles. The van der Waals surface area contributed by atoms with Gasteiger partial charge in [0.15, 0.2) is 12.4 Å². The van der Waals surface area contributed by atoms with Crippen LogP contribution >= 0.6 is 0 Å². The van der Waals surface area contributed by atoms with Gasteiger partial charge in [-0.15, -0.1) is 0 Å². The van der Waals surface area contributed by atoms with Crippen molar-refractivity contribution in [3.8, 4) is 0 Å². The first-order valence-corrected chi connectivity index (χ1v) is 31.4. The van der Waals surface area contributed by atoms with Gasteiger partial charge in [-0.2, -0.15) is 0 Å². The maximum Gasteiger partial charge on any atom is 0.306 e. The summed E-state index contributed by atoms with van der Waals surface area (Å²) in [6.07, 6.45) is 69.9. The molecule has 0 aromatic rings. The largest absolute Gasteiger partial charge is 0.545 e. The van der Waals surface area contributed by atoms with Crippen LogP contribution in [0, 0.1) is 0 Å². The quantitative estimate of drug-likeness (QED) is 0.0195. The van der Waals surface area contributed by atoms with Crippen molar-refractivity contribution >= 4 is 17.9 Å². The van der Waals surface area contributed by atoms with Gasteiger partial charge in [0.05, 0.1) is 40.3 Å². The van der Waals surface area contributed by atoms with Crippen LogP contribution in [0.15, 0.2) is 60.8 Å². The molecule has 0 N–H and O–H groups in total. The van der Waals surface area contributed by atoms with Crippen LogP contribution in [-0.2, 0) is 33.3 Å². The minimum atomic E-state index is -1.62. The minimum absolute atomic E-state index is 0.147. The fraction of sp³-hybridized carbons (Fsp3) is 0.803. The molecule has 0 heterocycles. The third kappa shape index (κ3) is 58.5. The lowest BCUT2D eigenvalue weighted by atomic mass is 10.0. The molecule has 9 heteroatoms. The van der Waals surface area contributed by atoms with E-state index in [2.05, 4.69) is 74.6 Å². The number of unbranched alkanes of at least 4 members (excludes halogenated alkanes) is 33. The number of carboxylic acids is 1. The monoisotopic (exact) mass is 1050 g/mol. The summed E-state index contributed by atoms with van der Waals surface area (Å²) in [4.78, 5) is 37.4. The number of nitrogens with zero attached hydrogens (tertiary/aromatic N) is 1. The Labute approximate surface area is 463 Å². The standard InChI is InChI=1S/C66H119NO8/c1-6-8-10-12-14-16-18-20-22-24-26-28-30-32-34-36-38-40-42-44-46-48-50-52-54-56-63(68)73-60-62(61-74-66(65(70)71)72-59-58-67(3,4)5)75-64(69)57-55-53-51-49-47-45-43-41-39-37-35-33-31-29-27-25-23-21-19-17-15-13-11-9-7-2/h9,11,15,17,21,23-24,26-27,29,62,66H,6-8,10,12-14,16,18-20,22,25,28,30-61H2,1-5H3/b11-9-,17-15-,23-21-,26-24-,29-27-. The Hall–Kier alpha value is -3.01. The zero-order valence-electron chi connectivity index (χ0n) is 49.7. The molecular formula is C66H119NO8. The van der Waals surface area contributed by atoms with Crippen LogP contribution in [0.25, 0.3) is 0 Å². The van der Waals surface area contributed by atoms with Crippen molar-refractivity contribution in [2.75, 3.05) is 47.5 Å². The highest BCUT2D eigenvalue weighted by Crippen LogP contribution is 2.17. The average Bonchev–Trinajstić information content (AvgIpc) is 3.38. The van der Waals surface area contributed by atoms with Gasteiger partial charge < -0.3 is 33.3 Å². The summed E-state index contributed by atoms with van der Waals surface area (Å²) in [5, 5.41) is 11.8. The number of likely N-dealkylation sites (N-methyl/N-ethyl adjacent to an activating group) is 1. The number of rotatable bonds is 58. The van der Waals surface area contributed by atoms with Gasteiger partial charge in [0, 0.05) is 12.8 Å². The molecule has 0 bridgehead atoms. The number of hydrogen-bond acceptors (Lipinski definition) is 8. The number of aliphatic carboxylic acids is 1. The summed E-state index contributed by atoms with van der Waals surface area (Å²) in [7, 11) is 5.93. The predicted octanol–water partition coefficient (Wildman–Crippen LogP) is 17.5. The van der Waals surface area contributed by atoms with Crippen molar-refractivity contribution in [3.05, 3.63) is 60.8 Å². The van der Waals surface area contributed by atoms with Crippen molar-refractivity contribution in [2.45, 2.75) is 296 Å². The lowest BCUT2D eigenvalue weighted by Crippen LogP contribution is -2.44. The first-order valence-electron chi connectivity index (χ1n) is 31.4. The number of allylic oxidation sites excluding steroid dienone is 10. The normalized spacial score (nSPS) is 13.1. The van der Waals surface area contributed by atoms with Crippen molar-refractivity contribution in [1.29, 1.82) is 0 Å². The third-order valence-corrected chi connectivity index (χ3v) is 13.7. The Morgan fingerprint density at radius 3 is 1.15 bits per heavy atom. The number of carbonyl (C=O) groups excluding carboxylic acids is 3. The second-order valence-electron chi connectivity index (χ2n) is 22.3. The van der Waals surface area contributed by atoms with Crippen LogP contribution in [0.1, 0.15) is 284 Å². The molecule has 0 aliphatic carbocycles.